The number of benzene rings is 2. The van der Waals surface area contributed by atoms with Crippen LogP contribution in [-0.4, -0.2) is 21.6 Å². The second kappa shape index (κ2) is 12.7. The van der Waals surface area contributed by atoms with E-state index < -0.39 is 10.1 Å². The lowest BCUT2D eigenvalue weighted by atomic mass is 10.0. The lowest BCUT2D eigenvalue weighted by Crippen LogP contribution is -2.13. The minimum Gasteiger partial charge on any atom is -0.491 e. The Hall–Kier alpha value is -1.85. The second-order valence-electron chi connectivity index (χ2n) is 7.45. The minimum absolute atomic E-state index is 0.0179. The van der Waals surface area contributed by atoms with E-state index in [4.69, 9.17) is 8.92 Å². The summed E-state index contributed by atoms with van der Waals surface area (Å²) in [4.78, 5) is 0.165. The fourth-order valence-corrected chi connectivity index (χ4v) is 4.01. The van der Waals surface area contributed by atoms with Gasteiger partial charge in [-0.05, 0) is 49.6 Å². The Morgan fingerprint density at radius 3 is 2.03 bits per heavy atom. The van der Waals surface area contributed by atoms with Crippen LogP contribution in [0.15, 0.2) is 53.4 Å². The van der Waals surface area contributed by atoms with Gasteiger partial charge in [-0.15, -0.1) is 0 Å². The van der Waals surface area contributed by atoms with E-state index in [0.29, 0.717) is 0 Å². The average Bonchev–Trinajstić information content (AvgIpc) is 2.72. The third-order valence-electron chi connectivity index (χ3n) is 4.89. The van der Waals surface area contributed by atoms with Crippen molar-refractivity contribution in [1.82, 2.24) is 0 Å². The van der Waals surface area contributed by atoms with Crippen LogP contribution in [-0.2, 0) is 20.7 Å². The molecule has 0 aromatic heterocycles. The first-order valence-corrected chi connectivity index (χ1v) is 12.1. The van der Waals surface area contributed by atoms with Gasteiger partial charge in [0.15, 0.2) is 0 Å². The molecule has 29 heavy (non-hydrogen) atoms. The van der Waals surface area contributed by atoms with Gasteiger partial charge < -0.3 is 4.74 Å². The highest BCUT2D eigenvalue weighted by Gasteiger charge is 2.14. The molecule has 0 saturated heterocycles. The van der Waals surface area contributed by atoms with E-state index in [1.165, 1.54) is 50.5 Å². The van der Waals surface area contributed by atoms with Crippen LogP contribution < -0.4 is 4.74 Å². The van der Waals surface area contributed by atoms with Crippen molar-refractivity contribution in [2.45, 2.75) is 70.1 Å². The van der Waals surface area contributed by atoms with Gasteiger partial charge in [-0.25, -0.2) is 0 Å². The maximum atomic E-state index is 12.1. The highest BCUT2D eigenvalue weighted by atomic mass is 32.2. The molecule has 5 heteroatoms. The number of aryl methyl sites for hydroxylation is 2. The first kappa shape index (κ1) is 23.4. The third-order valence-corrected chi connectivity index (χ3v) is 6.22. The molecule has 0 aliphatic rings. The van der Waals surface area contributed by atoms with Gasteiger partial charge in [-0.3, -0.25) is 4.18 Å². The van der Waals surface area contributed by atoms with Crippen LogP contribution in [0.4, 0.5) is 0 Å². The molecule has 0 spiro atoms. The molecule has 0 bridgehead atoms. The van der Waals surface area contributed by atoms with E-state index in [9.17, 15) is 8.42 Å². The van der Waals surface area contributed by atoms with Crippen molar-refractivity contribution < 1.29 is 17.3 Å². The number of hydrogen-bond acceptors (Lipinski definition) is 4. The van der Waals surface area contributed by atoms with Crippen LogP contribution in [0.1, 0.15) is 63.0 Å². The quantitative estimate of drug-likeness (QED) is 0.276. The molecule has 0 fully saturated rings. The van der Waals surface area contributed by atoms with Crippen LogP contribution in [0.5, 0.6) is 5.75 Å². The lowest BCUT2D eigenvalue weighted by molar-refractivity contribution is 0.221. The molecule has 2 rings (SSSR count). The summed E-state index contributed by atoms with van der Waals surface area (Å²) >= 11 is 0. The van der Waals surface area contributed by atoms with E-state index in [2.05, 4.69) is 19.1 Å². The molecule has 160 valence electrons. The normalized spacial score (nSPS) is 11.5. The van der Waals surface area contributed by atoms with Crippen LogP contribution in [0.25, 0.3) is 0 Å². The van der Waals surface area contributed by atoms with E-state index in [1.54, 1.807) is 24.3 Å². The zero-order valence-electron chi connectivity index (χ0n) is 17.7. The van der Waals surface area contributed by atoms with Crippen LogP contribution in [0.3, 0.4) is 0 Å². The fraction of sp³-hybridized carbons (Fsp3) is 0.500. The average molecular weight is 419 g/mol. The predicted octanol–water partition coefficient (Wildman–Crippen LogP) is 6.07. The molecule has 0 N–H and O–H groups in total. The minimum atomic E-state index is -3.74. The largest absolute Gasteiger partial charge is 0.491 e. The molecule has 0 saturated carbocycles. The van der Waals surface area contributed by atoms with Gasteiger partial charge in [-0.1, -0.05) is 75.3 Å². The molecular weight excluding hydrogens is 384 g/mol. The van der Waals surface area contributed by atoms with Gasteiger partial charge in [-0.2, -0.15) is 8.42 Å². The maximum Gasteiger partial charge on any atom is 0.297 e. The first-order chi connectivity index (χ1) is 14.0. The van der Waals surface area contributed by atoms with Crippen LogP contribution in [0, 0.1) is 6.92 Å². The first-order valence-electron chi connectivity index (χ1n) is 10.7. The van der Waals surface area contributed by atoms with E-state index in [-0.39, 0.29) is 18.1 Å². The summed E-state index contributed by atoms with van der Waals surface area (Å²) in [6.07, 6.45) is 10.3. The zero-order valence-corrected chi connectivity index (χ0v) is 18.5. The lowest BCUT2D eigenvalue weighted by Gasteiger charge is -2.09. The number of rotatable bonds is 14. The molecule has 0 aliphatic carbocycles. The van der Waals surface area contributed by atoms with Gasteiger partial charge in [0, 0.05) is 0 Å². The Morgan fingerprint density at radius 2 is 1.38 bits per heavy atom. The highest BCUT2D eigenvalue weighted by molar-refractivity contribution is 7.86. The van der Waals surface area contributed by atoms with Crippen molar-refractivity contribution in [2.75, 3.05) is 13.2 Å². The number of ether oxygens (including phenoxy) is 1. The molecule has 2 aromatic carbocycles. The predicted molar refractivity (Wildman–Crippen MR) is 118 cm³/mol. The van der Waals surface area contributed by atoms with Gasteiger partial charge in [0.25, 0.3) is 10.1 Å². The van der Waals surface area contributed by atoms with Crippen LogP contribution in [0.2, 0.25) is 0 Å². The van der Waals surface area contributed by atoms with Gasteiger partial charge in [0.1, 0.15) is 19.0 Å². The zero-order chi connectivity index (χ0) is 21.0. The van der Waals surface area contributed by atoms with Crippen LogP contribution >= 0.6 is 0 Å². The van der Waals surface area contributed by atoms with Gasteiger partial charge in [0.2, 0.25) is 0 Å². The van der Waals surface area contributed by atoms with E-state index >= 15 is 0 Å². The molecule has 0 aliphatic heterocycles. The van der Waals surface area contributed by atoms with E-state index in [0.717, 1.165) is 17.7 Å². The Balaban J connectivity index is 1.64. The molecule has 0 atom stereocenters. The smallest absolute Gasteiger partial charge is 0.297 e. The summed E-state index contributed by atoms with van der Waals surface area (Å²) in [6, 6.07) is 14.6. The summed E-state index contributed by atoms with van der Waals surface area (Å²) in [5.41, 5.74) is 2.31. The standard InChI is InChI=1S/C24H34O4S/c1-3-4-5-6-7-8-9-10-22-13-15-23(16-14-22)27-19-20-28-29(25,26)24-17-11-21(2)12-18-24/h11-18H,3-10,19-20H2,1-2H3. The molecule has 0 unspecified atom stereocenters. The number of unbranched alkanes of at least 4 members (excludes halogenated alkanes) is 6. The molecule has 0 heterocycles. The molecule has 4 nitrogen and oxygen atoms in total. The monoisotopic (exact) mass is 418 g/mol. The van der Waals surface area contributed by atoms with Crippen molar-refractivity contribution in [3.05, 3.63) is 59.7 Å². The SMILES string of the molecule is CCCCCCCCCc1ccc(OCCOS(=O)(=O)c2ccc(C)cc2)cc1. The maximum absolute atomic E-state index is 12.1. The summed E-state index contributed by atoms with van der Waals surface area (Å²) in [5, 5.41) is 0. The van der Waals surface area contributed by atoms with Gasteiger partial charge >= 0.3 is 0 Å². The summed E-state index contributed by atoms with van der Waals surface area (Å²) < 4.78 is 34.9. The fourth-order valence-electron chi connectivity index (χ4n) is 3.11. The Labute approximate surface area is 176 Å². The molecule has 0 amide bonds. The van der Waals surface area contributed by atoms with Gasteiger partial charge in [0.05, 0.1) is 4.90 Å². The van der Waals surface area contributed by atoms with Crippen molar-refractivity contribution >= 4 is 10.1 Å². The van der Waals surface area contributed by atoms with Crippen molar-refractivity contribution in [1.29, 1.82) is 0 Å². The third kappa shape index (κ3) is 9.01. The Bertz CT molecular complexity index is 796. The summed E-state index contributed by atoms with van der Waals surface area (Å²) in [7, 11) is -3.74. The Morgan fingerprint density at radius 1 is 0.759 bits per heavy atom. The highest BCUT2D eigenvalue weighted by Crippen LogP contribution is 2.16. The van der Waals surface area contributed by atoms with Crippen molar-refractivity contribution in [2.24, 2.45) is 0 Å². The molecular formula is C24H34O4S. The molecule has 0 radical (unpaired) electrons. The summed E-state index contributed by atoms with van der Waals surface area (Å²) in [5.74, 6) is 0.727. The van der Waals surface area contributed by atoms with Crippen molar-refractivity contribution in [3.63, 3.8) is 0 Å². The Kier molecular flexibility index (Phi) is 10.2. The number of hydrogen-bond donors (Lipinski definition) is 0. The second-order valence-corrected chi connectivity index (χ2v) is 9.07. The topological polar surface area (TPSA) is 52.6 Å². The van der Waals surface area contributed by atoms with E-state index in [1.807, 2.05) is 19.1 Å². The summed E-state index contributed by atoms with van der Waals surface area (Å²) in [6.45, 7) is 4.32. The van der Waals surface area contributed by atoms with Crippen molar-refractivity contribution in [3.8, 4) is 5.75 Å². The molecule has 2 aromatic rings.